The van der Waals surface area contributed by atoms with Crippen LogP contribution in [0.3, 0.4) is 0 Å². The highest BCUT2D eigenvalue weighted by atomic mass is 127. The van der Waals surface area contributed by atoms with Gasteiger partial charge in [0.15, 0.2) is 5.96 Å². The monoisotopic (exact) mass is 493 g/mol. The van der Waals surface area contributed by atoms with Crippen LogP contribution >= 0.6 is 35.3 Å². The third kappa shape index (κ3) is 7.66. The fraction of sp³-hybridized carbons (Fsp3) is 0.278. The van der Waals surface area contributed by atoms with Gasteiger partial charge < -0.3 is 10.6 Å². The highest BCUT2D eigenvalue weighted by Crippen LogP contribution is 2.29. The van der Waals surface area contributed by atoms with Crippen molar-refractivity contribution in [1.82, 2.24) is 10.6 Å². The van der Waals surface area contributed by atoms with E-state index in [-0.39, 0.29) is 30.5 Å². The van der Waals surface area contributed by atoms with Gasteiger partial charge in [-0.3, -0.25) is 0 Å². The molecular weight excluding hydrogens is 474 g/mol. The summed E-state index contributed by atoms with van der Waals surface area (Å²) in [5.41, 5.74) is -0.366. The molecule has 0 bridgehead atoms. The van der Waals surface area contributed by atoms with Crippen LogP contribution in [0.1, 0.15) is 22.9 Å². The molecule has 0 amide bonds. The van der Waals surface area contributed by atoms with Crippen molar-refractivity contribution >= 4 is 41.3 Å². The number of halogens is 4. The summed E-state index contributed by atoms with van der Waals surface area (Å²) >= 11 is 1.63. The molecular formula is C18H19F3IN3S. The molecule has 0 saturated carbocycles. The first kappa shape index (κ1) is 22.3. The maximum Gasteiger partial charge on any atom is 0.416 e. The van der Waals surface area contributed by atoms with Gasteiger partial charge in [-0.15, -0.1) is 35.3 Å². The maximum atomic E-state index is 12.7. The molecule has 8 heteroatoms. The van der Waals surface area contributed by atoms with E-state index in [9.17, 15) is 13.2 Å². The van der Waals surface area contributed by atoms with E-state index >= 15 is 0 Å². The molecule has 140 valence electrons. The molecule has 0 aliphatic carbocycles. The van der Waals surface area contributed by atoms with Crippen LogP contribution in [0.25, 0.3) is 0 Å². The second kappa shape index (κ2) is 11.1. The fourth-order valence-electron chi connectivity index (χ4n) is 1.95. The van der Waals surface area contributed by atoms with Crippen LogP contribution in [0.5, 0.6) is 0 Å². The van der Waals surface area contributed by atoms with Crippen molar-refractivity contribution in [2.75, 3.05) is 13.1 Å². The lowest BCUT2D eigenvalue weighted by Crippen LogP contribution is -2.37. The Morgan fingerprint density at radius 1 is 1.19 bits per heavy atom. The van der Waals surface area contributed by atoms with Gasteiger partial charge in [0.1, 0.15) is 0 Å². The van der Waals surface area contributed by atoms with Crippen molar-refractivity contribution in [3.63, 3.8) is 0 Å². The van der Waals surface area contributed by atoms with Crippen molar-refractivity contribution < 1.29 is 13.2 Å². The topological polar surface area (TPSA) is 36.4 Å². The third-order valence-corrected chi connectivity index (χ3v) is 3.95. The maximum absolute atomic E-state index is 12.7. The smallest absolute Gasteiger partial charge is 0.357 e. The number of thiophene rings is 1. The van der Waals surface area contributed by atoms with Crippen molar-refractivity contribution in [3.8, 4) is 11.8 Å². The number of aliphatic imine (C=N–C) groups is 1. The lowest BCUT2D eigenvalue weighted by Gasteiger charge is -2.08. The van der Waals surface area contributed by atoms with Gasteiger partial charge >= 0.3 is 6.18 Å². The highest BCUT2D eigenvalue weighted by Gasteiger charge is 2.30. The van der Waals surface area contributed by atoms with Crippen molar-refractivity contribution in [2.24, 2.45) is 4.99 Å². The summed E-state index contributed by atoms with van der Waals surface area (Å²) in [6.07, 6.45) is -4.36. The summed E-state index contributed by atoms with van der Waals surface area (Å²) in [5.74, 6) is 6.17. The number of nitrogens with one attached hydrogen (secondary N) is 2. The van der Waals surface area contributed by atoms with Crippen LogP contribution < -0.4 is 10.6 Å². The highest BCUT2D eigenvalue weighted by molar-refractivity contribution is 14.0. The number of alkyl halides is 3. The number of nitrogens with zero attached hydrogens (tertiary/aromatic N) is 1. The number of rotatable bonds is 4. The van der Waals surface area contributed by atoms with E-state index in [0.717, 1.165) is 17.0 Å². The fourth-order valence-corrected chi connectivity index (χ4v) is 2.58. The minimum Gasteiger partial charge on any atom is -0.357 e. The Balaban J connectivity index is 0.00000338. The Hall–Kier alpha value is -1.73. The Kier molecular flexibility index (Phi) is 9.51. The first-order chi connectivity index (χ1) is 12.0. The summed E-state index contributed by atoms with van der Waals surface area (Å²) in [4.78, 5) is 5.58. The molecule has 0 aliphatic rings. The van der Waals surface area contributed by atoms with Gasteiger partial charge in [0.25, 0.3) is 0 Å². The Labute approximate surface area is 172 Å². The molecule has 0 aliphatic heterocycles. The van der Waals surface area contributed by atoms with Gasteiger partial charge in [0, 0.05) is 17.0 Å². The van der Waals surface area contributed by atoms with Crippen LogP contribution in [0.4, 0.5) is 13.2 Å². The van der Waals surface area contributed by atoms with Crippen LogP contribution in [-0.4, -0.2) is 19.0 Å². The predicted molar refractivity (Wildman–Crippen MR) is 111 cm³/mol. The molecule has 3 nitrogen and oxygen atoms in total. The van der Waals surface area contributed by atoms with Crippen molar-refractivity contribution in [2.45, 2.75) is 19.6 Å². The van der Waals surface area contributed by atoms with Crippen molar-refractivity contribution in [3.05, 3.63) is 57.8 Å². The lowest BCUT2D eigenvalue weighted by atomic mass is 10.1. The minimum atomic E-state index is -4.36. The second-order valence-corrected chi connectivity index (χ2v) is 6.04. The van der Waals surface area contributed by atoms with Crippen LogP contribution in [0, 0.1) is 11.8 Å². The molecule has 0 fully saturated rings. The van der Waals surface area contributed by atoms with Gasteiger partial charge in [-0.25, -0.2) is 4.99 Å². The molecule has 2 rings (SSSR count). The summed E-state index contributed by atoms with van der Waals surface area (Å²) in [6.45, 7) is 3.51. The van der Waals surface area contributed by atoms with E-state index in [2.05, 4.69) is 27.5 Å². The Bertz CT molecular complexity index is 762. The Morgan fingerprint density at radius 2 is 2.00 bits per heavy atom. The van der Waals surface area contributed by atoms with E-state index in [1.807, 2.05) is 24.4 Å². The number of benzene rings is 1. The SMILES string of the molecule is CCNC(=NCc1cccs1)NCC#Cc1cccc(C(F)(F)F)c1.I. The quantitative estimate of drug-likeness (QED) is 0.285. The van der Waals surface area contributed by atoms with E-state index in [4.69, 9.17) is 0 Å². The predicted octanol–water partition coefficient (Wildman–Crippen LogP) is 4.49. The van der Waals surface area contributed by atoms with Crippen LogP contribution in [-0.2, 0) is 12.7 Å². The molecule has 2 aromatic rings. The standard InChI is InChI=1S/C18H18F3N3S.HI/c1-2-22-17(24-13-16-9-5-11-25-16)23-10-4-7-14-6-3-8-15(12-14)18(19,20)21;/h3,5-6,8-9,11-12H,2,10,13H2,1H3,(H2,22,23,24);1H. The number of guanidine groups is 1. The molecule has 0 atom stereocenters. The minimum absolute atomic E-state index is 0. The van der Waals surface area contributed by atoms with Gasteiger partial charge in [0.05, 0.1) is 18.7 Å². The molecule has 0 radical (unpaired) electrons. The normalized spacial score (nSPS) is 11.2. The first-order valence-corrected chi connectivity index (χ1v) is 8.57. The summed E-state index contributed by atoms with van der Waals surface area (Å²) in [5, 5.41) is 8.14. The molecule has 1 aromatic carbocycles. The molecule has 2 N–H and O–H groups in total. The molecule has 26 heavy (non-hydrogen) atoms. The van der Waals surface area contributed by atoms with Crippen LogP contribution in [0.2, 0.25) is 0 Å². The van der Waals surface area contributed by atoms with E-state index in [1.165, 1.54) is 6.07 Å². The number of hydrogen-bond donors (Lipinski definition) is 2. The van der Waals surface area contributed by atoms with Gasteiger partial charge in [-0.2, -0.15) is 13.2 Å². The van der Waals surface area contributed by atoms with Gasteiger partial charge in [-0.1, -0.05) is 24.0 Å². The molecule has 0 spiro atoms. The average Bonchev–Trinajstić information content (AvgIpc) is 3.09. The van der Waals surface area contributed by atoms with Crippen molar-refractivity contribution in [1.29, 1.82) is 0 Å². The average molecular weight is 493 g/mol. The molecule has 0 saturated heterocycles. The number of hydrogen-bond acceptors (Lipinski definition) is 2. The van der Waals surface area contributed by atoms with Gasteiger partial charge in [-0.05, 0) is 36.6 Å². The molecule has 1 heterocycles. The zero-order valence-corrected chi connectivity index (χ0v) is 17.2. The zero-order valence-electron chi connectivity index (χ0n) is 14.1. The van der Waals surface area contributed by atoms with Gasteiger partial charge in [0.2, 0.25) is 0 Å². The summed E-state index contributed by atoms with van der Waals surface area (Å²) in [7, 11) is 0. The lowest BCUT2D eigenvalue weighted by molar-refractivity contribution is -0.137. The largest absolute Gasteiger partial charge is 0.416 e. The van der Waals surface area contributed by atoms with E-state index < -0.39 is 11.7 Å². The van der Waals surface area contributed by atoms with E-state index in [1.54, 1.807) is 17.4 Å². The Morgan fingerprint density at radius 3 is 2.65 bits per heavy atom. The van der Waals surface area contributed by atoms with E-state index in [0.29, 0.717) is 24.6 Å². The zero-order chi connectivity index (χ0) is 18.1. The first-order valence-electron chi connectivity index (χ1n) is 7.69. The molecule has 0 unspecified atom stereocenters. The summed E-state index contributed by atoms with van der Waals surface area (Å²) in [6, 6.07) is 8.96. The van der Waals surface area contributed by atoms with Crippen LogP contribution in [0.15, 0.2) is 46.8 Å². The second-order valence-electron chi connectivity index (χ2n) is 5.01. The molecule has 1 aromatic heterocycles. The third-order valence-electron chi connectivity index (χ3n) is 3.08. The summed E-state index contributed by atoms with van der Waals surface area (Å²) < 4.78 is 38.0.